The van der Waals surface area contributed by atoms with Crippen LogP contribution in [0.3, 0.4) is 0 Å². The van der Waals surface area contributed by atoms with Crippen LogP contribution in [0.25, 0.3) is 11.1 Å². The second kappa shape index (κ2) is 7.32. The molecular formula is C20H24N4O2. The third-order valence-electron chi connectivity index (χ3n) is 5.33. The number of amides is 2. The number of carbonyl (C=O) groups is 2. The smallest absolute Gasteiger partial charge is 0.231 e. The Kier molecular flexibility index (Phi) is 4.73. The van der Waals surface area contributed by atoms with Gasteiger partial charge in [-0.3, -0.25) is 9.59 Å². The molecule has 2 heterocycles. The van der Waals surface area contributed by atoms with Crippen molar-refractivity contribution in [1.82, 2.24) is 15.1 Å². The van der Waals surface area contributed by atoms with E-state index in [-0.39, 0.29) is 30.2 Å². The van der Waals surface area contributed by atoms with Crippen LogP contribution in [0.15, 0.2) is 36.5 Å². The highest BCUT2D eigenvalue weighted by atomic mass is 16.2. The van der Waals surface area contributed by atoms with Gasteiger partial charge in [0.2, 0.25) is 11.8 Å². The molecule has 2 aromatic rings. The molecule has 0 spiro atoms. The Morgan fingerprint density at radius 2 is 1.96 bits per heavy atom. The summed E-state index contributed by atoms with van der Waals surface area (Å²) in [7, 11) is 0. The number of hydrogen-bond acceptors (Lipinski definition) is 3. The SMILES string of the molecule is O=C(C[C@H]1Cn2ncc(-c3ccccc3)c2NC1=O)NC1CCCCC1. The first-order valence-electron chi connectivity index (χ1n) is 9.42. The Labute approximate surface area is 153 Å². The van der Waals surface area contributed by atoms with Crippen molar-refractivity contribution in [3.63, 3.8) is 0 Å². The predicted octanol–water partition coefficient (Wildman–Crippen LogP) is 2.96. The van der Waals surface area contributed by atoms with Crippen LogP contribution in [-0.4, -0.2) is 27.6 Å². The van der Waals surface area contributed by atoms with Gasteiger partial charge in [0.1, 0.15) is 5.82 Å². The van der Waals surface area contributed by atoms with Crippen molar-refractivity contribution in [2.45, 2.75) is 51.1 Å². The fourth-order valence-corrected chi connectivity index (χ4v) is 3.91. The average molecular weight is 352 g/mol. The lowest BCUT2D eigenvalue weighted by Gasteiger charge is -2.26. The third kappa shape index (κ3) is 3.49. The first kappa shape index (κ1) is 16.8. The molecule has 1 aromatic heterocycles. The molecule has 1 aromatic carbocycles. The molecule has 1 aliphatic heterocycles. The largest absolute Gasteiger partial charge is 0.353 e. The highest BCUT2D eigenvalue weighted by Crippen LogP contribution is 2.31. The predicted molar refractivity (Wildman–Crippen MR) is 99.4 cm³/mol. The Morgan fingerprint density at radius 1 is 1.19 bits per heavy atom. The molecule has 0 saturated heterocycles. The number of carbonyl (C=O) groups excluding carboxylic acids is 2. The van der Waals surface area contributed by atoms with Crippen molar-refractivity contribution in [3.8, 4) is 11.1 Å². The van der Waals surface area contributed by atoms with E-state index in [0.717, 1.165) is 24.0 Å². The summed E-state index contributed by atoms with van der Waals surface area (Å²) in [5, 5.41) is 10.5. The third-order valence-corrected chi connectivity index (χ3v) is 5.33. The standard InChI is InChI=1S/C20H24N4O2/c25-18(22-16-9-5-2-6-10-16)11-15-13-24-19(23-20(15)26)17(12-21-24)14-7-3-1-4-8-14/h1,3-4,7-8,12,15-16H,2,5-6,9-11,13H2,(H,22,25)(H,23,26)/t15-/m0/s1. The molecule has 2 aliphatic rings. The van der Waals surface area contributed by atoms with E-state index < -0.39 is 0 Å². The number of hydrogen-bond donors (Lipinski definition) is 2. The number of fused-ring (bicyclic) bond motifs is 1. The lowest BCUT2D eigenvalue weighted by atomic mass is 9.94. The minimum atomic E-state index is -0.380. The second-order valence-electron chi connectivity index (χ2n) is 7.25. The van der Waals surface area contributed by atoms with E-state index >= 15 is 0 Å². The van der Waals surface area contributed by atoms with Gasteiger partial charge in [0, 0.05) is 18.0 Å². The average Bonchev–Trinajstić information content (AvgIpc) is 3.06. The lowest BCUT2D eigenvalue weighted by Crippen LogP contribution is -2.41. The molecule has 0 radical (unpaired) electrons. The molecular weight excluding hydrogens is 328 g/mol. The van der Waals surface area contributed by atoms with Gasteiger partial charge in [-0.15, -0.1) is 0 Å². The van der Waals surface area contributed by atoms with Crippen molar-refractivity contribution in [1.29, 1.82) is 0 Å². The van der Waals surface area contributed by atoms with Gasteiger partial charge in [0.25, 0.3) is 0 Å². The van der Waals surface area contributed by atoms with Crippen molar-refractivity contribution < 1.29 is 9.59 Å². The minimum Gasteiger partial charge on any atom is -0.353 e. The molecule has 1 aliphatic carbocycles. The van der Waals surface area contributed by atoms with Gasteiger partial charge < -0.3 is 10.6 Å². The van der Waals surface area contributed by atoms with Gasteiger partial charge in [0.15, 0.2) is 0 Å². The van der Waals surface area contributed by atoms with Crippen molar-refractivity contribution >= 4 is 17.6 Å². The van der Waals surface area contributed by atoms with Crippen molar-refractivity contribution in [2.75, 3.05) is 5.32 Å². The topological polar surface area (TPSA) is 76.0 Å². The fourth-order valence-electron chi connectivity index (χ4n) is 3.91. The van der Waals surface area contributed by atoms with Crippen LogP contribution in [0, 0.1) is 5.92 Å². The van der Waals surface area contributed by atoms with Gasteiger partial charge in [-0.25, -0.2) is 4.68 Å². The maximum Gasteiger partial charge on any atom is 0.231 e. The van der Waals surface area contributed by atoms with Gasteiger partial charge in [-0.2, -0.15) is 5.10 Å². The zero-order chi connectivity index (χ0) is 17.9. The summed E-state index contributed by atoms with van der Waals surface area (Å²) < 4.78 is 1.79. The van der Waals surface area contributed by atoms with E-state index in [1.54, 1.807) is 10.9 Å². The molecule has 0 unspecified atom stereocenters. The summed E-state index contributed by atoms with van der Waals surface area (Å²) in [6.45, 7) is 0.437. The molecule has 4 rings (SSSR count). The van der Waals surface area contributed by atoms with E-state index in [0.29, 0.717) is 12.4 Å². The van der Waals surface area contributed by atoms with Gasteiger partial charge >= 0.3 is 0 Å². The zero-order valence-electron chi connectivity index (χ0n) is 14.8. The summed E-state index contributed by atoms with van der Waals surface area (Å²) in [5.41, 5.74) is 1.92. The number of nitrogens with one attached hydrogen (secondary N) is 2. The molecule has 6 nitrogen and oxygen atoms in total. The minimum absolute atomic E-state index is 0.0315. The lowest BCUT2D eigenvalue weighted by molar-refractivity contribution is -0.128. The molecule has 1 fully saturated rings. The number of rotatable bonds is 4. The summed E-state index contributed by atoms with van der Waals surface area (Å²) >= 11 is 0. The van der Waals surface area contributed by atoms with Gasteiger partial charge in [0.05, 0.1) is 18.7 Å². The molecule has 2 amide bonds. The Balaban J connectivity index is 1.43. The monoisotopic (exact) mass is 352 g/mol. The first-order valence-corrected chi connectivity index (χ1v) is 9.42. The van der Waals surface area contributed by atoms with Crippen LogP contribution in [0.4, 0.5) is 5.82 Å². The molecule has 136 valence electrons. The number of nitrogens with zero attached hydrogens (tertiary/aromatic N) is 2. The van der Waals surface area contributed by atoms with Crippen LogP contribution >= 0.6 is 0 Å². The Hall–Kier alpha value is -2.63. The molecule has 1 atom stereocenters. The normalized spacial score (nSPS) is 20.3. The summed E-state index contributed by atoms with van der Waals surface area (Å²) in [4.78, 5) is 24.9. The number of aromatic nitrogens is 2. The Bertz CT molecular complexity index is 793. The van der Waals surface area contributed by atoms with E-state index in [2.05, 4.69) is 15.7 Å². The molecule has 6 heteroatoms. The van der Waals surface area contributed by atoms with E-state index in [4.69, 9.17) is 0 Å². The molecule has 1 saturated carbocycles. The fraction of sp³-hybridized carbons (Fsp3) is 0.450. The molecule has 26 heavy (non-hydrogen) atoms. The first-order chi connectivity index (χ1) is 12.7. The number of anilines is 1. The molecule has 2 N–H and O–H groups in total. The highest BCUT2D eigenvalue weighted by molar-refractivity contribution is 5.98. The Morgan fingerprint density at radius 3 is 2.73 bits per heavy atom. The van der Waals surface area contributed by atoms with Crippen LogP contribution in [0.5, 0.6) is 0 Å². The van der Waals surface area contributed by atoms with Gasteiger partial charge in [-0.1, -0.05) is 49.6 Å². The highest BCUT2D eigenvalue weighted by Gasteiger charge is 2.31. The van der Waals surface area contributed by atoms with Crippen LogP contribution < -0.4 is 10.6 Å². The quantitative estimate of drug-likeness (QED) is 0.888. The summed E-state index contributed by atoms with van der Waals surface area (Å²) in [6.07, 6.45) is 7.68. The van der Waals surface area contributed by atoms with Crippen molar-refractivity contribution in [3.05, 3.63) is 36.5 Å². The van der Waals surface area contributed by atoms with E-state index in [1.807, 2.05) is 30.3 Å². The van der Waals surface area contributed by atoms with Gasteiger partial charge in [-0.05, 0) is 18.4 Å². The van der Waals surface area contributed by atoms with E-state index in [9.17, 15) is 9.59 Å². The maximum absolute atomic E-state index is 12.5. The zero-order valence-corrected chi connectivity index (χ0v) is 14.8. The van der Waals surface area contributed by atoms with E-state index in [1.165, 1.54) is 19.3 Å². The summed E-state index contributed by atoms with van der Waals surface area (Å²) in [6, 6.07) is 10.1. The van der Waals surface area contributed by atoms with Crippen LogP contribution in [-0.2, 0) is 16.1 Å². The second-order valence-corrected chi connectivity index (χ2v) is 7.25. The van der Waals surface area contributed by atoms with Crippen molar-refractivity contribution in [2.24, 2.45) is 5.92 Å². The molecule has 0 bridgehead atoms. The maximum atomic E-state index is 12.5. The number of benzene rings is 1. The summed E-state index contributed by atoms with van der Waals surface area (Å²) in [5.74, 6) is 0.199. The van der Waals surface area contributed by atoms with Crippen LogP contribution in [0.1, 0.15) is 38.5 Å². The van der Waals surface area contributed by atoms with Crippen LogP contribution in [0.2, 0.25) is 0 Å².